The molecule has 5 nitrogen and oxygen atoms in total. The van der Waals surface area contributed by atoms with Crippen LogP contribution in [0.15, 0.2) is 48.7 Å². The van der Waals surface area contributed by atoms with Gasteiger partial charge in [0.25, 0.3) is 5.91 Å². The predicted molar refractivity (Wildman–Crippen MR) is 88.4 cm³/mol. The van der Waals surface area contributed by atoms with Crippen molar-refractivity contribution in [1.82, 2.24) is 4.98 Å². The fourth-order valence-corrected chi connectivity index (χ4v) is 2.11. The highest BCUT2D eigenvalue weighted by atomic mass is 16.5. The lowest BCUT2D eigenvalue weighted by Gasteiger charge is -2.21. The number of carbonyl (C=O) groups excluding carboxylic acids is 1. The lowest BCUT2D eigenvalue weighted by Crippen LogP contribution is -2.30. The van der Waals surface area contributed by atoms with Crippen LogP contribution in [0, 0.1) is 0 Å². The van der Waals surface area contributed by atoms with E-state index in [1.165, 1.54) is 0 Å². The van der Waals surface area contributed by atoms with Crippen LogP contribution in [0.3, 0.4) is 0 Å². The minimum atomic E-state index is -0.0513. The molecular formula is C17H21N3O2. The van der Waals surface area contributed by atoms with Crippen molar-refractivity contribution in [3.63, 3.8) is 0 Å². The molecule has 116 valence electrons. The SMILES string of the molecule is CCN(C(=O)c1ccc(NCCOC)nc1)c1ccccc1. The van der Waals surface area contributed by atoms with Gasteiger partial charge in [-0.3, -0.25) is 4.79 Å². The number of amides is 1. The van der Waals surface area contributed by atoms with E-state index in [0.29, 0.717) is 25.3 Å². The van der Waals surface area contributed by atoms with Crippen molar-refractivity contribution in [2.75, 3.05) is 37.0 Å². The van der Waals surface area contributed by atoms with E-state index < -0.39 is 0 Å². The molecule has 0 spiro atoms. The molecular weight excluding hydrogens is 278 g/mol. The highest BCUT2D eigenvalue weighted by molar-refractivity contribution is 6.05. The highest BCUT2D eigenvalue weighted by Crippen LogP contribution is 2.16. The number of benzene rings is 1. The Morgan fingerprint density at radius 2 is 2.00 bits per heavy atom. The number of pyridine rings is 1. The van der Waals surface area contributed by atoms with E-state index in [-0.39, 0.29) is 5.91 Å². The number of methoxy groups -OCH3 is 1. The molecule has 1 N–H and O–H groups in total. The van der Waals surface area contributed by atoms with Crippen LogP contribution in [-0.4, -0.2) is 37.7 Å². The number of nitrogens with zero attached hydrogens (tertiary/aromatic N) is 2. The summed E-state index contributed by atoms with van der Waals surface area (Å²) in [6.45, 7) is 3.86. The van der Waals surface area contributed by atoms with Gasteiger partial charge >= 0.3 is 0 Å². The summed E-state index contributed by atoms with van der Waals surface area (Å²) in [5.41, 5.74) is 1.46. The van der Waals surface area contributed by atoms with Crippen molar-refractivity contribution in [1.29, 1.82) is 0 Å². The number of hydrogen-bond donors (Lipinski definition) is 1. The monoisotopic (exact) mass is 299 g/mol. The first-order valence-corrected chi connectivity index (χ1v) is 7.32. The molecule has 0 aliphatic carbocycles. The van der Waals surface area contributed by atoms with Gasteiger partial charge in [0.05, 0.1) is 12.2 Å². The molecule has 0 aliphatic heterocycles. The third-order valence-electron chi connectivity index (χ3n) is 3.25. The normalized spacial score (nSPS) is 10.3. The second kappa shape index (κ2) is 8.14. The van der Waals surface area contributed by atoms with E-state index in [4.69, 9.17) is 4.74 Å². The predicted octanol–water partition coefficient (Wildman–Crippen LogP) is 2.81. The average Bonchev–Trinajstić information content (AvgIpc) is 2.57. The molecule has 0 aliphatic rings. The smallest absolute Gasteiger partial charge is 0.259 e. The summed E-state index contributed by atoms with van der Waals surface area (Å²) in [6, 6.07) is 13.2. The van der Waals surface area contributed by atoms with Gasteiger partial charge in [0.2, 0.25) is 0 Å². The van der Waals surface area contributed by atoms with Gasteiger partial charge in [0.15, 0.2) is 0 Å². The lowest BCUT2D eigenvalue weighted by atomic mass is 10.2. The summed E-state index contributed by atoms with van der Waals surface area (Å²) in [6.07, 6.45) is 1.60. The maximum atomic E-state index is 12.6. The number of para-hydroxylation sites is 1. The number of carbonyl (C=O) groups is 1. The number of ether oxygens (including phenoxy) is 1. The zero-order valence-corrected chi connectivity index (χ0v) is 13.0. The van der Waals surface area contributed by atoms with Crippen molar-refractivity contribution in [2.45, 2.75) is 6.92 Å². The Morgan fingerprint density at radius 3 is 2.59 bits per heavy atom. The fraction of sp³-hybridized carbons (Fsp3) is 0.294. The lowest BCUT2D eigenvalue weighted by molar-refractivity contribution is 0.0988. The molecule has 2 aromatic rings. The molecule has 1 aromatic carbocycles. The van der Waals surface area contributed by atoms with Crippen LogP contribution < -0.4 is 10.2 Å². The van der Waals surface area contributed by atoms with Gasteiger partial charge in [-0.05, 0) is 31.2 Å². The molecule has 0 atom stereocenters. The van der Waals surface area contributed by atoms with Gasteiger partial charge in [-0.25, -0.2) is 4.98 Å². The molecule has 0 saturated carbocycles. The summed E-state index contributed by atoms with van der Waals surface area (Å²) in [4.78, 5) is 18.6. The second-order valence-electron chi connectivity index (χ2n) is 4.74. The largest absolute Gasteiger partial charge is 0.383 e. The molecule has 0 bridgehead atoms. The van der Waals surface area contributed by atoms with E-state index in [1.54, 1.807) is 24.3 Å². The Labute approximate surface area is 130 Å². The first kappa shape index (κ1) is 16.0. The van der Waals surface area contributed by atoms with Crippen LogP contribution in [0.25, 0.3) is 0 Å². The van der Waals surface area contributed by atoms with E-state index >= 15 is 0 Å². The maximum Gasteiger partial charge on any atom is 0.259 e. The van der Waals surface area contributed by atoms with Gasteiger partial charge in [0, 0.05) is 32.1 Å². The summed E-state index contributed by atoms with van der Waals surface area (Å²) in [5, 5.41) is 3.13. The van der Waals surface area contributed by atoms with Crippen LogP contribution in [0.5, 0.6) is 0 Å². The number of nitrogens with one attached hydrogen (secondary N) is 1. The van der Waals surface area contributed by atoms with Crippen molar-refractivity contribution < 1.29 is 9.53 Å². The first-order valence-electron chi connectivity index (χ1n) is 7.32. The van der Waals surface area contributed by atoms with E-state index in [9.17, 15) is 4.79 Å². The van der Waals surface area contributed by atoms with Crippen LogP contribution in [0.1, 0.15) is 17.3 Å². The number of hydrogen-bond acceptors (Lipinski definition) is 4. The third-order valence-corrected chi connectivity index (χ3v) is 3.25. The Morgan fingerprint density at radius 1 is 1.23 bits per heavy atom. The summed E-state index contributed by atoms with van der Waals surface area (Å²) < 4.78 is 4.97. The zero-order valence-electron chi connectivity index (χ0n) is 13.0. The molecule has 22 heavy (non-hydrogen) atoms. The van der Waals surface area contributed by atoms with Gasteiger partial charge in [0.1, 0.15) is 5.82 Å². The van der Waals surface area contributed by atoms with Crippen LogP contribution in [0.4, 0.5) is 11.5 Å². The standard InChI is InChI=1S/C17H21N3O2/c1-3-20(15-7-5-4-6-8-15)17(21)14-9-10-16(19-13-14)18-11-12-22-2/h4-10,13H,3,11-12H2,1-2H3,(H,18,19). The molecule has 1 heterocycles. The average molecular weight is 299 g/mol. The van der Waals surface area contributed by atoms with Crippen LogP contribution >= 0.6 is 0 Å². The first-order chi connectivity index (χ1) is 10.8. The van der Waals surface area contributed by atoms with E-state index in [2.05, 4.69) is 10.3 Å². The van der Waals surface area contributed by atoms with Gasteiger partial charge < -0.3 is 15.0 Å². The van der Waals surface area contributed by atoms with Crippen molar-refractivity contribution in [3.05, 3.63) is 54.2 Å². The van der Waals surface area contributed by atoms with Gasteiger partial charge in [-0.15, -0.1) is 0 Å². The molecule has 0 fully saturated rings. The van der Waals surface area contributed by atoms with Gasteiger partial charge in [-0.2, -0.15) is 0 Å². The van der Waals surface area contributed by atoms with Crippen molar-refractivity contribution in [3.8, 4) is 0 Å². The minimum absolute atomic E-state index is 0.0513. The van der Waals surface area contributed by atoms with Crippen LogP contribution in [0.2, 0.25) is 0 Å². The third kappa shape index (κ3) is 4.05. The molecule has 0 saturated heterocycles. The summed E-state index contributed by atoms with van der Waals surface area (Å²) in [5.74, 6) is 0.681. The van der Waals surface area contributed by atoms with E-state index in [1.807, 2.05) is 43.3 Å². The van der Waals surface area contributed by atoms with E-state index in [0.717, 1.165) is 11.5 Å². The Kier molecular flexibility index (Phi) is 5.91. The van der Waals surface area contributed by atoms with Crippen LogP contribution in [-0.2, 0) is 4.74 Å². The number of rotatable bonds is 7. The maximum absolute atomic E-state index is 12.6. The summed E-state index contributed by atoms with van der Waals surface area (Å²) in [7, 11) is 1.65. The molecule has 1 aromatic heterocycles. The number of anilines is 2. The molecule has 0 unspecified atom stereocenters. The second-order valence-corrected chi connectivity index (χ2v) is 4.74. The van der Waals surface area contributed by atoms with Crippen molar-refractivity contribution in [2.24, 2.45) is 0 Å². The fourth-order valence-electron chi connectivity index (χ4n) is 2.11. The molecule has 2 rings (SSSR count). The zero-order chi connectivity index (χ0) is 15.8. The van der Waals surface area contributed by atoms with Gasteiger partial charge in [-0.1, -0.05) is 18.2 Å². The summed E-state index contributed by atoms with van der Waals surface area (Å²) >= 11 is 0. The molecule has 1 amide bonds. The quantitative estimate of drug-likeness (QED) is 0.799. The van der Waals surface area contributed by atoms with Crippen molar-refractivity contribution >= 4 is 17.4 Å². The topological polar surface area (TPSA) is 54.5 Å². The Bertz CT molecular complexity index is 585. The number of aromatic nitrogens is 1. The molecule has 0 radical (unpaired) electrons. The minimum Gasteiger partial charge on any atom is -0.383 e. The molecule has 5 heteroatoms. The Hall–Kier alpha value is -2.40. The Balaban J connectivity index is 2.08. The highest BCUT2D eigenvalue weighted by Gasteiger charge is 2.16.